The molecule has 3 rings (SSSR count). The Bertz CT molecular complexity index is 697. The minimum absolute atomic E-state index is 0.0495. The van der Waals surface area contributed by atoms with E-state index in [2.05, 4.69) is 25.6 Å². The van der Waals surface area contributed by atoms with Crippen LogP contribution >= 0.6 is 0 Å². The molecule has 1 saturated heterocycles. The summed E-state index contributed by atoms with van der Waals surface area (Å²) in [5, 5.41) is 5.43. The smallest absolute Gasteiger partial charge is 0.320 e. The third-order valence-corrected chi connectivity index (χ3v) is 3.78. The summed E-state index contributed by atoms with van der Waals surface area (Å²) < 4.78 is 0. The lowest BCUT2D eigenvalue weighted by Crippen LogP contribution is -2.43. The molecule has 0 spiro atoms. The molecule has 1 aliphatic heterocycles. The van der Waals surface area contributed by atoms with E-state index in [1.54, 1.807) is 24.1 Å². The van der Waals surface area contributed by atoms with Crippen molar-refractivity contribution in [2.75, 3.05) is 18.4 Å². The minimum Gasteiger partial charge on any atom is -0.345 e. The van der Waals surface area contributed by atoms with Gasteiger partial charge in [-0.05, 0) is 18.9 Å². The number of carbonyl (C=O) groups excluding carboxylic acids is 2. The van der Waals surface area contributed by atoms with Crippen LogP contribution in [0.5, 0.6) is 0 Å². The summed E-state index contributed by atoms with van der Waals surface area (Å²) in [5.74, 6) is 0.438. The van der Waals surface area contributed by atoms with E-state index in [4.69, 9.17) is 0 Å². The lowest BCUT2D eigenvalue weighted by atomic mass is 10.2. The van der Waals surface area contributed by atoms with Crippen molar-refractivity contribution in [3.63, 3.8) is 0 Å². The SMILES string of the molecule is CC(=O)N1CCCC1CNC(=O)Nc1cnc2[nH]ccc2n1. The van der Waals surface area contributed by atoms with Crippen LogP contribution in [0.25, 0.3) is 11.2 Å². The summed E-state index contributed by atoms with van der Waals surface area (Å²) in [5.41, 5.74) is 1.37. The molecule has 22 heavy (non-hydrogen) atoms. The Balaban J connectivity index is 1.55. The topological polar surface area (TPSA) is 103 Å². The highest BCUT2D eigenvalue weighted by Crippen LogP contribution is 2.16. The van der Waals surface area contributed by atoms with Crippen LogP contribution in [0, 0.1) is 0 Å². The number of aromatic nitrogens is 3. The zero-order chi connectivity index (χ0) is 15.5. The Kier molecular flexibility index (Phi) is 3.90. The van der Waals surface area contributed by atoms with E-state index in [0.717, 1.165) is 19.4 Å². The number of fused-ring (bicyclic) bond motifs is 1. The van der Waals surface area contributed by atoms with Gasteiger partial charge in [0.05, 0.1) is 6.20 Å². The van der Waals surface area contributed by atoms with Gasteiger partial charge in [-0.3, -0.25) is 10.1 Å². The van der Waals surface area contributed by atoms with Crippen LogP contribution in [0.15, 0.2) is 18.5 Å². The average Bonchev–Trinajstić information content (AvgIpc) is 3.13. The van der Waals surface area contributed by atoms with Crippen molar-refractivity contribution in [1.29, 1.82) is 0 Å². The van der Waals surface area contributed by atoms with Crippen LogP contribution in [-0.4, -0.2) is 50.9 Å². The van der Waals surface area contributed by atoms with Gasteiger partial charge in [-0.2, -0.15) is 0 Å². The molecule has 0 aromatic carbocycles. The Morgan fingerprint density at radius 2 is 2.36 bits per heavy atom. The van der Waals surface area contributed by atoms with Crippen molar-refractivity contribution in [2.24, 2.45) is 0 Å². The summed E-state index contributed by atoms with van der Waals surface area (Å²) in [6, 6.07) is 1.51. The maximum Gasteiger partial charge on any atom is 0.320 e. The van der Waals surface area contributed by atoms with Crippen molar-refractivity contribution in [1.82, 2.24) is 25.2 Å². The number of aromatic amines is 1. The summed E-state index contributed by atoms with van der Waals surface area (Å²) in [7, 11) is 0. The molecule has 0 saturated carbocycles. The van der Waals surface area contributed by atoms with Crippen molar-refractivity contribution in [3.05, 3.63) is 18.5 Å². The highest BCUT2D eigenvalue weighted by molar-refractivity contribution is 5.89. The molecule has 1 aliphatic rings. The van der Waals surface area contributed by atoms with Crippen molar-refractivity contribution in [2.45, 2.75) is 25.8 Å². The molecule has 0 bridgehead atoms. The Morgan fingerprint density at radius 1 is 1.50 bits per heavy atom. The Morgan fingerprint density at radius 3 is 3.18 bits per heavy atom. The van der Waals surface area contributed by atoms with Gasteiger partial charge in [-0.15, -0.1) is 0 Å². The summed E-state index contributed by atoms with van der Waals surface area (Å²) in [6.45, 7) is 2.75. The molecule has 3 amide bonds. The third-order valence-electron chi connectivity index (χ3n) is 3.78. The maximum absolute atomic E-state index is 11.9. The molecule has 8 nitrogen and oxygen atoms in total. The summed E-state index contributed by atoms with van der Waals surface area (Å²) in [4.78, 5) is 36.5. The van der Waals surface area contributed by atoms with E-state index in [-0.39, 0.29) is 18.0 Å². The molecular weight excluding hydrogens is 284 g/mol. The number of H-pyrrole nitrogens is 1. The molecule has 2 aromatic heterocycles. The summed E-state index contributed by atoms with van der Waals surface area (Å²) in [6.07, 6.45) is 5.12. The fourth-order valence-electron chi connectivity index (χ4n) is 2.72. The van der Waals surface area contributed by atoms with Gasteiger partial charge in [0.15, 0.2) is 11.5 Å². The van der Waals surface area contributed by atoms with Crippen molar-refractivity contribution >= 4 is 28.9 Å². The average molecular weight is 302 g/mol. The quantitative estimate of drug-likeness (QED) is 0.789. The van der Waals surface area contributed by atoms with Gasteiger partial charge in [-0.25, -0.2) is 14.8 Å². The molecule has 1 unspecified atom stereocenters. The first-order valence-corrected chi connectivity index (χ1v) is 7.25. The van der Waals surface area contributed by atoms with Crippen molar-refractivity contribution < 1.29 is 9.59 Å². The number of amides is 3. The first-order valence-electron chi connectivity index (χ1n) is 7.25. The van der Waals surface area contributed by atoms with E-state index in [0.29, 0.717) is 23.5 Å². The van der Waals surface area contributed by atoms with Crippen LogP contribution < -0.4 is 10.6 Å². The lowest BCUT2D eigenvalue weighted by molar-refractivity contribution is -0.129. The van der Waals surface area contributed by atoms with E-state index >= 15 is 0 Å². The van der Waals surface area contributed by atoms with E-state index in [9.17, 15) is 9.59 Å². The second-order valence-electron chi connectivity index (χ2n) is 5.31. The number of nitrogens with one attached hydrogen (secondary N) is 3. The first-order chi connectivity index (χ1) is 10.6. The number of carbonyl (C=O) groups is 2. The number of rotatable bonds is 3. The van der Waals surface area contributed by atoms with Gasteiger partial charge in [0.25, 0.3) is 0 Å². The molecule has 116 valence electrons. The van der Waals surface area contributed by atoms with Crippen LogP contribution in [0.4, 0.5) is 10.6 Å². The fourth-order valence-corrected chi connectivity index (χ4v) is 2.72. The molecule has 2 aromatic rings. The Labute approximate surface area is 127 Å². The van der Waals surface area contributed by atoms with E-state index in [1.165, 1.54) is 6.20 Å². The molecule has 8 heteroatoms. The Hall–Kier alpha value is -2.64. The first kappa shape index (κ1) is 14.3. The third kappa shape index (κ3) is 3.00. The van der Waals surface area contributed by atoms with Gasteiger partial charge in [0.1, 0.15) is 5.52 Å². The molecule has 3 N–H and O–H groups in total. The highest BCUT2D eigenvalue weighted by Gasteiger charge is 2.26. The van der Waals surface area contributed by atoms with Gasteiger partial charge < -0.3 is 15.2 Å². The van der Waals surface area contributed by atoms with Crippen LogP contribution in [0.1, 0.15) is 19.8 Å². The number of likely N-dealkylation sites (tertiary alicyclic amines) is 1. The van der Waals surface area contributed by atoms with Crippen LogP contribution in [-0.2, 0) is 4.79 Å². The van der Waals surface area contributed by atoms with Gasteiger partial charge in [0.2, 0.25) is 5.91 Å². The second kappa shape index (κ2) is 6.00. The highest BCUT2D eigenvalue weighted by atomic mass is 16.2. The standard InChI is InChI=1S/C14H18N6O2/c1-9(21)20-6-2-3-10(20)7-17-14(22)19-12-8-16-13-11(18-12)4-5-15-13/h4-5,8,10H,2-3,6-7H2,1H3,(H,15,16)(H2,17,18,19,22). The van der Waals surface area contributed by atoms with Crippen LogP contribution in [0.3, 0.4) is 0 Å². The van der Waals surface area contributed by atoms with E-state index < -0.39 is 0 Å². The molecule has 0 aliphatic carbocycles. The van der Waals surface area contributed by atoms with Crippen molar-refractivity contribution in [3.8, 4) is 0 Å². The molecule has 1 atom stereocenters. The number of urea groups is 1. The van der Waals surface area contributed by atoms with Gasteiger partial charge >= 0.3 is 6.03 Å². The molecule has 1 fully saturated rings. The predicted octanol–water partition coefficient (Wildman–Crippen LogP) is 1.09. The van der Waals surface area contributed by atoms with Gasteiger partial charge in [-0.1, -0.05) is 0 Å². The summed E-state index contributed by atoms with van der Waals surface area (Å²) >= 11 is 0. The number of hydrogen-bond donors (Lipinski definition) is 3. The predicted molar refractivity (Wildman–Crippen MR) is 81.3 cm³/mol. The number of hydrogen-bond acceptors (Lipinski definition) is 4. The molecule has 0 radical (unpaired) electrons. The molecule has 3 heterocycles. The van der Waals surface area contributed by atoms with E-state index in [1.807, 2.05) is 0 Å². The number of anilines is 1. The van der Waals surface area contributed by atoms with Gasteiger partial charge in [0, 0.05) is 32.3 Å². The lowest BCUT2D eigenvalue weighted by Gasteiger charge is -2.23. The minimum atomic E-state index is -0.348. The van der Waals surface area contributed by atoms with Crippen LogP contribution in [0.2, 0.25) is 0 Å². The zero-order valence-corrected chi connectivity index (χ0v) is 12.3. The molecular formula is C14H18N6O2. The largest absolute Gasteiger partial charge is 0.345 e. The second-order valence-corrected chi connectivity index (χ2v) is 5.31. The maximum atomic E-state index is 11.9. The zero-order valence-electron chi connectivity index (χ0n) is 12.3. The number of nitrogens with zero attached hydrogens (tertiary/aromatic N) is 3. The normalized spacial score (nSPS) is 17.7. The fraction of sp³-hybridized carbons (Fsp3) is 0.429. The monoisotopic (exact) mass is 302 g/mol.